The lowest BCUT2D eigenvalue weighted by Gasteiger charge is -2.26. The fourth-order valence-corrected chi connectivity index (χ4v) is 1.39. The van der Waals surface area contributed by atoms with Gasteiger partial charge in [-0.2, -0.15) is 0 Å². The molecule has 1 saturated heterocycles. The largest absolute Gasteiger partial charge is 0.478 e. The number of carboxylic acid groups (broad SMARTS) is 1. The molecular formula is C10H9FO3. The van der Waals surface area contributed by atoms with Gasteiger partial charge in [0.15, 0.2) is 0 Å². The quantitative estimate of drug-likeness (QED) is 0.782. The molecule has 0 unspecified atom stereocenters. The van der Waals surface area contributed by atoms with Crippen LogP contribution in [0.15, 0.2) is 18.2 Å². The summed E-state index contributed by atoms with van der Waals surface area (Å²) < 4.78 is 18.2. The molecule has 1 N–H and O–H groups in total. The number of ether oxygens (including phenoxy) is 1. The molecule has 1 heterocycles. The SMILES string of the molecule is O=C(O)c1ccc(C2COC2)cc1F. The van der Waals surface area contributed by atoms with E-state index in [1.165, 1.54) is 12.1 Å². The molecular weight excluding hydrogens is 187 g/mol. The zero-order valence-corrected chi connectivity index (χ0v) is 7.37. The molecule has 1 fully saturated rings. The minimum absolute atomic E-state index is 0.215. The van der Waals surface area contributed by atoms with Gasteiger partial charge in [0, 0.05) is 5.92 Å². The van der Waals surface area contributed by atoms with E-state index < -0.39 is 11.8 Å². The summed E-state index contributed by atoms with van der Waals surface area (Å²) in [6, 6.07) is 4.21. The molecule has 1 aromatic rings. The van der Waals surface area contributed by atoms with Crippen molar-refractivity contribution < 1.29 is 19.0 Å². The van der Waals surface area contributed by atoms with Crippen LogP contribution >= 0.6 is 0 Å². The van der Waals surface area contributed by atoms with E-state index in [0.717, 1.165) is 5.56 Å². The number of carbonyl (C=O) groups is 1. The molecule has 1 aromatic carbocycles. The highest BCUT2D eigenvalue weighted by molar-refractivity contribution is 5.87. The van der Waals surface area contributed by atoms with Gasteiger partial charge in [0.05, 0.1) is 18.8 Å². The molecule has 1 aliphatic heterocycles. The van der Waals surface area contributed by atoms with Crippen LogP contribution in [0.5, 0.6) is 0 Å². The molecule has 2 rings (SSSR count). The van der Waals surface area contributed by atoms with Gasteiger partial charge >= 0.3 is 5.97 Å². The summed E-state index contributed by atoms with van der Waals surface area (Å²) in [6.45, 7) is 1.18. The first-order valence-electron chi connectivity index (χ1n) is 4.29. The molecule has 0 amide bonds. The van der Waals surface area contributed by atoms with Crippen molar-refractivity contribution in [3.63, 3.8) is 0 Å². The zero-order valence-electron chi connectivity index (χ0n) is 7.37. The Morgan fingerprint density at radius 2 is 2.21 bits per heavy atom. The van der Waals surface area contributed by atoms with Crippen molar-refractivity contribution in [1.29, 1.82) is 0 Å². The van der Waals surface area contributed by atoms with Gasteiger partial charge < -0.3 is 9.84 Å². The van der Waals surface area contributed by atoms with Crippen molar-refractivity contribution >= 4 is 5.97 Å². The Hall–Kier alpha value is -1.42. The topological polar surface area (TPSA) is 46.5 Å². The van der Waals surface area contributed by atoms with Crippen LogP contribution in [0, 0.1) is 5.82 Å². The van der Waals surface area contributed by atoms with E-state index in [-0.39, 0.29) is 11.5 Å². The first-order chi connectivity index (χ1) is 6.68. The lowest BCUT2D eigenvalue weighted by molar-refractivity contribution is 0.00831. The van der Waals surface area contributed by atoms with Crippen molar-refractivity contribution in [1.82, 2.24) is 0 Å². The Morgan fingerprint density at radius 3 is 2.64 bits per heavy atom. The van der Waals surface area contributed by atoms with Gasteiger partial charge in [-0.1, -0.05) is 6.07 Å². The Labute approximate surface area is 80.1 Å². The van der Waals surface area contributed by atoms with Gasteiger partial charge in [0.1, 0.15) is 5.82 Å². The Bertz CT molecular complexity index is 372. The van der Waals surface area contributed by atoms with Crippen LogP contribution in [0.3, 0.4) is 0 Å². The van der Waals surface area contributed by atoms with Crippen molar-refractivity contribution in [3.8, 4) is 0 Å². The van der Waals surface area contributed by atoms with Crippen molar-refractivity contribution in [2.45, 2.75) is 5.92 Å². The average molecular weight is 196 g/mol. The van der Waals surface area contributed by atoms with Gasteiger partial charge in [-0.3, -0.25) is 0 Å². The molecule has 0 atom stereocenters. The third kappa shape index (κ3) is 1.48. The zero-order chi connectivity index (χ0) is 10.1. The normalized spacial score (nSPS) is 16.4. The Kier molecular flexibility index (Phi) is 2.21. The standard InChI is InChI=1S/C10H9FO3/c11-9-3-6(7-4-14-5-7)1-2-8(9)10(12)13/h1-3,7H,4-5H2,(H,12,13). The third-order valence-corrected chi connectivity index (χ3v) is 2.33. The molecule has 1 aliphatic rings. The highest BCUT2D eigenvalue weighted by Crippen LogP contribution is 2.25. The second-order valence-corrected chi connectivity index (χ2v) is 3.28. The minimum atomic E-state index is -1.24. The lowest BCUT2D eigenvalue weighted by atomic mass is 9.96. The fourth-order valence-electron chi connectivity index (χ4n) is 1.39. The average Bonchev–Trinajstić information content (AvgIpc) is 2.00. The van der Waals surface area contributed by atoms with Crippen LogP contribution in [0.1, 0.15) is 21.8 Å². The third-order valence-electron chi connectivity index (χ3n) is 2.33. The number of hydrogen-bond acceptors (Lipinski definition) is 2. The summed E-state index contributed by atoms with van der Waals surface area (Å²) in [6.07, 6.45) is 0. The summed E-state index contributed by atoms with van der Waals surface area (Å²) in [5.41, 5.74) is 0.521. The first-order valence-corrected chi connectivity index (χ1v) is 4.29. The number of rotatable bonds is 2. The van der Waals surface area contributed by atoms with Crippen LogP contribution < -0.4 is 0 Å². The summed E-state index contributed by atoms with van der Waals surface area (Å²) in [5.74, 6) is -1.70. The molecule has 0 bridgehead atoms. The van der Waals surface area contributed by atoms with Gasteiger partial charge in [0.25, 0.3) is 0 Å². The fraction of sp³-hybridized carbons (Fsp3) is 0.300. The molecule has 3 nitrogen and oxygen atoms in total. The minimum Gasteiger partial charge on any atom is -0.478 e. The van der Waals surface area contributed by atoms with Gasteiger partial charge in [-0.15, -0.1) is 0 Å². The smallest absolute Gasteiger partial charge is 0.338 e. The van der Waals surface area contributed by atoms with Crippen molar-refractivity contribution in [2.24, 2.45) is 0 Å². The summed E-state index contributed by atoms with van der Waals surface area (Å²) in [4.78, 5) is 10.5. The maximum Gasteiger partial charge on any atom is 0.338 e. The number of carboxylic acids is 1. The van der Waals surface area contributed by atoms with Crippen molar-refractivity contribution in [3.05, 3.63) is 35.1 Å². The molecule has 0 saturated carbocycles. The second kappa shape index (κ2) is 3.38. The highest BCUT2D eigenvalue weighted by Gasteiger charge is 2.22. The van der Waals surface area contributed by atoms with E-state index in [9.17, 15) is 9.18 Å². The molecule has 0 spiro atoms. The Balaban J connectivity index is 2.30. The molecule has 0 aliphatic carbocycles. The number of hydrogen-bond donors (Lipinski definition) is 1. The maximum atomic E-state index is 13.2. The molecule has 0 aromatic heterocycles. The number of halogens is 1. The van der Waals surface area contributed by atoms with E-state index in [2.05, 4.69) is 0 Å². The van der Waals surface area contributed by atoms with E-state index >= 15 is 0 Å². The first kappa shape index (κ1) is 9.15. The van der Waals surface area contributed by atoms with Crippen LogP contribution in [0.2, 0.25) is 0 Å². The number of benzene rings is 1. The molecule has 74 valence electrons. The van der Waals surface area contributed by atoms with Crippen molar-refractivity contribution in [2.75, 3.05) is 13.2 Å². The van der Waals surface area contributed by atoms with Crippen LogP contribution in [0.4, 0.5) is 4.39 Å². The predicted octanol–water partition coefficient (Wildman–Crippen LogP) is 1.64. The highest BCUT2D eigenvalue weighted by atomic mass is 19.1. The molecule has 4 heteroatoms. The van der Waals surface area contributed by atoms with E-state index in [1.807, 2.05) is 0 Å². The summed E-state index contributed by atoms with van der Waals surface area (Å²) in [7, 11) is 0. The van der Waals surface area contributed by atoms with Crippen LogP contribution in [-0.4, -0.2) is 24.3 Å². The van der Waals surface area contributed by atoms with E-state index in [0.29, 0.717) is 13.2 Å². The maximum absolute atomic E-state index is 13.2. The number of aromatic carboxylic acids is 1. The van der Waals surface area contributed by atoms with Gasteiger partial charge in [-0.25, -0.2) is 9.18 Å². The second-order valence-electron chi connectivity index (χ2n) is 3.28. The monoisotopic (exact) mass is 196 g/mol. The van der Waals surface area contributed by atoms with E-state index in [4.69, 9.17) is 9.84 Å². The van der Waals surface area contributed by atoms with E-state index in [1.54, 1.807) is 6.07 Å². The lowest BCUT2D eigenvalue weighted by Crippen LogP contribution is -2.25. The van der Waals surface area contributed by atoms with Gasteiger partial charge in [0.2, 0.25) is 0 Å². The van der Waals surface area contributed by atoms with Crippen LogP contribution in [-0.2, 0) is 4.74 Å². The molecule has 14 heavy (non-hydrogen) atoms. The van der Waals surface area contributed by atoms with Gasteiger partial charge in [-0.05, 0) is 17.7 Å². The predicted molar refractivity (Wildman–Crippen MR) is 46.9 cm³/mol. The molecule has 0 radical (unpaired) electrons. The van der Waals surface area contributed by atoms with Crippen LogP contribution in [0.25, 0.3) is 0 Å². The summed E-state index contributed by atoms with van der Waals surface area (Å²) >= 11 is 0. The summed E-state index contributed by atoms with van der Waals surface area (Å²) in [5, 5.41) is 8.60. The Morgan fingerprint density at radius 1 is 1.50 bits per heavy atom.